The average molecular weight is 1040 g/mol. The fraction of sp³-hybridized carbons (Fsp3) is 0.653. The van der Waals surface area contributed by atoms with Gasteiger partial charge in [0.1, 0.15) is 48.0 Å². The van der Waals surface area contributed by atoms with Gasteiger partial charge in [-0.25, -0.2) is 0 Å². The number of benzene rings is 1. The first kappa shape index (κ1) is 63.1. The smallest absolute Gasteiger partial charge is 0.245 e. The molecule has 1 aliphatic rings. The lowest BCUT2D eigenvalue weighted by Gasteiger charge is -2.31. The Labute approximate surface area is 433 Å². The van der Waals surface area contributed by atoms with Gasteiger partial charge in [-0.3, -0.25) is 52.9 Å². The predicted octanol–water partition coefficient (Wildman–Crippen LogP) is -2.50. The number of hydrogen-bond donors (Lipinski definition) is 12. The van der Waals surface area contributed by atoms with Crippen LogP contribution in [-0.2, 0) is 54.4 Å². The number of nitrogens with two attached hydrogens (primary N) is 2. The van der Waals surface area contributed by atoms with Gasteiger partial charge in [0.05, 0.1) is 19.2 Å². The highest BCUT2D eigenvalue weighted by Crippen LogP contribution is 2.21. The molecule has 1 aliphatic heterocycles. The lowest BCUT2D eigenvalue weighted by Crippen LogP contribution is -2.62. The van der Waals surface area contributed by atoms with Crippen LogP contribution in [0.1, 0.15) is 106 Å². The van der Waals surface area contributed by atoms with Crippen LogP contribution in [0.25, 0.3) is 0 Å². The Morgan fingerprint density at radius 3 is 1.89 bits per heavy atom. The van der Waals surface area contributed by atoms with Gasteiger partial charge in [-0.1, -0.05) is 59.6 Å². The number of likely N-dealkylation sites (N-methyl/N-ethyl adjacent to an activating group) is 2. The number of aliphatic hydroxyl groups is 1. The Morgan fingerprint density at radius 1 is 0.743 bits per heavy atom. The molecule has 0 aromatic heterocycles. The van der Waals surface area contributed by atoms with Crippen molar-refractivity contribution in [3.8, 4) is 5.75 Å². The van der Waals surface area contributed by atoms with Crippen molar-refractivity contribution in [3.05, 3.63) is 29.8 Å². The highest BCUT2D eigenvalue weighted by Gasteiger charge is 2.40. The normalized spacial score (nSPS) is 16.3. The van der Waals surface area contributed by atoms with E-state index in [0.29, 0.717) is 37.8 Å². The Morgan fingerprint density at radius 2 is 1.32 bits per heavy atom. The van der Waals surface area contributed by atoms with Crippen molar-refractivity contribution in [2.45, 2.75) is 155 Å². The topological polar surface area (TPSA) is 378 Å². The van der Waals surface area contributed by atoms with Gasteiger partial charge in [0.15, 0.2) is 5.96 Å². The molecule has 0 radical (unpaired) electrons. The minimum Gasteiger partial charge on any atom is -0.508 e. The number of likely N-dealkylation sites (tertiary alicyclic amines) is 1. The van der Waals surface area contributed by atoms with E-state index in [0.717, 1.165) is 4.90 Å². The number of carbonyl (C=O) groups excluding carboxylic acids is 10. The maximum atomic E-state index is 14.2. The summed E-state index contributed by atoms with van der Waals surface area (Å²) in [5, 5.41) is 41.7. The van der Waals surface area contributed by atoms with Gasteiger partial charge >= 0.3 is 0 Å². The molecule has 25 nitrogen and oxygen atoms in total. The number of phenolic OH excluding ortho intramolecular Hbond substituents is 1. The molecule has 1 aromatic carbocycles. The van der Waals surface area contributed by atoms with Crippen molar-refractivity contribution in [3.63, 3.8) is 0 Å². The van der Waals surface area contributed by atoms with E-state index in [4.69, 9.17) is 11.5 Å². The van der Waals surface area contributed by atoms with Gasteiger partial charge in [-0.15, -0.1) is 0 Å². The van der Waals surface area contributed by atoms with Crippen molar-refractivity contribution in [2.24, 2.45) is 28.3 Å². The molecule has 0 aliphatic carbocycles. The number of carbonyl (C=O) groups is 10. The molecule has 0 saturated carbocycles. The zero-order valence-corrected chi connectivity index (χ0v) is 44.2. The molecule has 0 unspecified atom stereocenters. The van der Waals surface area contributed by atoms with E-state index >= 15 is 0 Å². The van der Waals surface area contributed by atoms with Crippen LogP contribution in [-0.4, -0.2) is 173 Å². The number of aromatic hydroxyl groups is 1. The molecule has 2 rings (SSSR count). The van der Waals surface area contributed by atoms with Gasteiger partial charge in [-0.05, 0) is 75.5 Å². The second kappa shape index (κ2) is 31.5. The molecule has 10 amide bonds. The molecular weight excluding hydrogens is 963 g/mol. The Bertz CT molecular complexity index is 2120. The largest absolute Gasteiger partial charge is 0.508 e. The summed E-state index contributed by atoms with van der Waals surface area (Å²) in [4.78, 5) is 141. The van der Waals surface area contributed by atoms with E-state index in [-0.39, 0.29) is 68.8 Å². The van der Waals surface area contributed by atoms with Crippen LogP contribution < -0.4 is 54.0 Å². The van der Waals surface area contributed by atoms with E-state index in [1.165, 1.54) is 50.1 Å². The van der Waals surface area contributed by atoms with Crippen LogP contribution >= 0.6 is 0 Å². The number of nitrogens with one attached hydrogen (secondary N) is 8. The highest BCUT2D eigenvalue weighted by molar-refractivity contribution is 5.98. The second-order valence-electron chi connectivity index (χ2n) is 18.9. The van der Waals surface area contributed by atoms with Crippen LogP contribution in [0.3, 0.4) is 0 Å². The molecule has 0 bridgehead atoms. The van der Waals surface area contributed by atoms with Gasteiger partial charge in [-0.2, -0.15) is 0 Å². The molecule has 9 atom stereocenters. The molecule has 1 fully saturated rings. The quantitative estimate of drug-likeness (QED) is 0.0216. The third-order valence-electron chi connectivity index (χ3n) is 12.5. The first-order chi connectivity index (χ1) is 34.8. The predicted molar refractivity (Wildman–Crippen MR) is 274 cm³/mol. The number of aliphatic hydroxyl groups excluding tert-OH is 1. The minimum absolute atomic E-state index is 0.0515. The molecule has 74 heavy (non-hydrogen) atoms. The number of aliphatic imine (C=N–C) groups is 1. The summed E-state index contributed by atoms with van der Waals surface area (Å²) in [6.07, 6.45) is 0.446. The molecule has 1 saturated heterocycles. The minimum atomic E-state index is -1.70. The number of phenols is 1. The average Bonchev–Trinajstić information content (AvgIpc) is 3.84. The fourth-order valence-electron chi connectivity index (χ4n) is 7.91. The molecule has 0 spiro atoms. The third kappa shape index (κ3) is 20.8. The lowest BCUT2D eigenvalue weighted by atomic mass is 9.96. The summed E-state index contributed by atoms with van der Waals surface area (Å²) < 4.78 is 0. The highest BCUT2D eigenvalue weighted by atomic mass is 16.3. The molecular formula is C49H81N13O12. The Hall–Kier alpha value is -7.05. The van der Waals surface area contributed by atoms with Crippen LogP contribution in [0.4, 0.5) is 0 Å². The zero-order chi connectivity index (χ0) is 55.8. The second-order valence-corrected chi connectivity index (χ2v) is 18.9. The van der Waals surface area contributed by atoms with Crippen LogP contribution in [0.2, 0.25) is 0 Å². The standard InChI is InChI=1S/C49H81N13O12/c1-10-15-33(42(68)59-40(28(6)11-2)46(72)56-34(16-13-22-53-49(50)51)48(74)62-23-14-17-36(62)44(70)52-12-3)55-47(73)41(29(7)63)60-43(69)35(24-31-18-20-32(65)21-19-31)57-45(71)39(27(4)5)58-37(66)25-54-38(67)26-61(9)30(8)64/h18-21,27-29,33-36,39-41,63,65H,10-17,22-26H2,1-9H3,(H,52,70)(H,54,67)(H,55,73)(H,56,72)(H,57,71)(H,58,66)(H,59,68)(H,60,69)(H4,50,51,53)/t28-,29+,33-,34-,35+,36-,39-,40-,41-/m0/s1. The maximum absolute atomic E-state index is 14.2. The van der Waals surface area contributed by atoms with Gasteiger partial charge in [0.25, 0.3) is 0 Å². The van der Waals surface area contributed by atoms with Gasteiger partial charge in [0.2, 0.25) is 59.1 Å². The third-order valence-corrected chi connectivity index (χ3v) is 12.5. The summed E-state index contributed by atoms with van der Waals surface area (Å²) in [6.45, 7) is 12.8. The first-order valence-electron chi connectivity index (χ1n) is 25.2. The van der Waals surface area contributed by atoms with E-state index < -0.39 is 114 Å². The van der Waals surface area contributed by atoms with Crippen LogP contribution in [0, 0.1) is 11.8 Å². The number of nitrogens with zero attached hydrogens (tertiary/aromatic N) is 3. The summed E-state index contributed by atoms with van der Waals surface area (Å²) >= 11 is 0. The monoisotopic (exact) mass is 1040 g/mol. The number of rotatable bonds is 30. The van der Waals surface area contributed by atoms with E-state index in [1.54, 1.807) is 41.5 Å². The summed E-state index contributed by atoms with van der Waals surface area (Å²) in [7, 11) is 1.41. The van der Waals surface area contributed by atoms with Crippen molar-refractivity contribution in [1.29, 1.82) is 0 Å². The van der Waals surface area contributed by atoms with Crippen molar-refractivity contribution >= 4 is 65.0 Å². The molecule has 14 N–H and O–H groups in total. The van der Waals surface area contributed by atoms with Gasteiger partial charge < -0.3 is 74.0 Å². The Kier molecular flexibility index (Phi) is 26.9. The van der Waals surface area contributed by atoms with Gasteiger partial charge in [0, 0.05) is 40.0 Å². The zero-order valence-electron chi connectivity index (χ0n) is 44.2. The number of amides is 10. The number of guanidine groups is 1. The van der Waals surface area contributed by atoms with Crippen molar-refractivity contribution < 1.29 is 58.2 Å². The lowest BCUT2D eigenvalue weighted by molar-refractivity contribution is -0.142. The van der Waals surface area contributed by atoms with E-state index in [1.807, 2.05) is 0 Å². The molecule has 1 heterocycles. The van der Waals surface area contributed by atoms with E-state index in [2.05, 4.69) is 47.5 Å². The van der Waals surface area contributed by atoms with E-state index in [9.17, 15) is 58.2 Å². The number of hydrogen-bond acceptors (Lipinski definition) is 13. The molecule has 1 aromatic rings. The molecule has 414 valence electrons. The summed E-state index contributed by atoms with van der Waals surface area (Å²) in [6, 6.07) is -3.04. The van der Waals surface area contributed by atoms with Crippen molar-refractivity contribution in [2.75, 3.05) is 39.8 Å². The van der Waals surface area contributed by atoms with Crippen LogP contribution in [0.5, 0.6) is 5.75 Å². The summed E-state index contributed by atoms with van der Waals surface area (Å²) in [5.74, 6) is -8.01. The summed E-state index contributed by atoms with van der Waals surface area (Å²) in [5.41, 5.74) is 11.5. The fourth-order valence-corrected chi connectivity index (χ4v) is 7.91. The maximum Gasteiger partial charge on any atom is 0.245 e. The molecule has 25 heteroatoms. The SMILES string of the molecule is CCC[C@H](NC(=O)[C@@H](NC(=O)[C@@H](Cc1ccc(O)cc1)NC(=O)[C@@H](NC(=O)CNC(=O)CN(C)C(C)=O)C(C)C)[C@@H](C)O)C(=O)N[C@H](C(=O)N[C@@H](CCCN=C(N)N)C(=O)N1CCC[C@H]1C(=O)NCC)[C@@H](C)CC. The Balaban J connectivity index is 2.36. The first-order valence-corrected chi connectivity index (χ1v) is 25.2. The van der Waals surface area contributed by atoms with Crippen molar-refractivity contribution in [1.82, 2.24) is 52.3 Å². The van der Waals surface area contributed by atoms with Crippen LogP contribution in [0.15, 0.2) is 29.3 Å².